The van der Waals surface area contributed by atoms with Crippen LogP contribution in [-0.4, -0.2) is 44.0 Å². The minimum Gasteiger partial charge on any atom is -0.379 e. The maximum Gasteiger partial charge on any atom is 0.244 e. The van der Waals surface area contributed by atoms with E-state index in [9.17, 15) is 8.42 Å². The van der Waals surface area contributed by atoms with Gasteiger partial charge in [-0.2, -0.15) is 4.31 Å². The van der Waals surface area contributed by atoms with Crippen molar-refractivity contribution in [1.29, 1.82) is 0 Å². The SMILES string of the molecule is O=S(=O)(c1ccc(Br)nc1)N1CCOCC1. The Morgan fingerprint density at radius 1 is 1.31 bits per heavy atom. The highest BCUT2D eigenvalue weighted by atomic mass is 79.9. The molecule has 0 spiro atoms. The number of sulfonamides is 1. The second-order valence-corrected chi connectivity index (χ2v) is 6.08. The number of ether oxygens (including phenoxy) is 1. The fourth-order valence-electron chi connectivity index (χ4n) is 1.45. The number of nitrogens with zero attached hydrogens (tertiary/aromatic N) is 2. The van der Waals surface area contributed by atoms with E-state index in [0.717, 1.165) is 0 Å². The molecule has 0 amide bonds. The van der Waals surface area contributed by atoms with Gasteiger partial charge in [0.05, 0.1) is 13.2 Å². The van der Waals surface area contributed by atoms with Crippen LogP contribution in [-0.2, 0) is 14.8 Å². The van der Waals surface area contributed by atoms with Crippen LogP contribution in [0, 0.1) is 0 Å². The Bertz CT molecular complexity index is 454. The smallest absolute Gasteiger partial charge is 0.244 e. The lowest BCUT2D eigenvalue weighted by Gasteiger charge is -2.25. The van der Waals surface area contributed by atoms with Gasteiger partial charge in [-0.1, -0.05) is 0 Å². The van der Waals surface area contributed by atoms with Gasteiger partial charge in [-0.05, 0) is 28.1 Å². The maximum atomic E-state index is 12.1. The van der Waals surface area contributed by atoms with Crippen molar-refractivity contribution in [3.63, 3.8) is 0 Å². The topological polar surface area (TPSA) is 59.5 Å². The summed E-state index contributed by atoms with van der Waals surface area (Å²) in [6, 6.07) is 3.16. The van der Waals surface area contributed by atoms with Gasteiger partial charge < -0.3 is 4.74 Å². The molecule has 0 aliphatic carbocycles. The zero-order valence-corrected chi connectivity index (χ0v) is 10.9. The van der Waals surface area contributed by atoms with Gasteiger partial charge in [0.25, 0.3) is 0 Å². The van der Waals surface area contributed by atoms with Crippen molar-refractivity contribution in [1.82, 2.24) is 9.29 Å². The van der Waals surface area contributed by atoms with Crippen LogP contribution >= 0.6 is 15.9 Å². The third kappa shape index (κ3) is 2.42. The minimum absolute atomic E-state index is 0.220. The number of pyridine rings is 1. The summed E-state index contributed by atoms with van der Waals surface area (Å²) in [6.07, 6.45) is 1.36. The highest BCUT2D eigenvalue weighted by Crippen LogP contribution is 2.17. The van der Waals surface area contributed by atoms with Gasteiger partial charge in [-0.3, -0.25) is 0 Å². The van der Waals surface area contributed by atoms with E-state index in [0.29, 0.717) is 30.9 Å². The number of hydrogen-bond donors (Lipinski definition) is 0. The van der Waals surface area contributed by atoms with Crippen LogP contribution in [0.1, 0.15) is 0 Å². The molecule has 1 saturated heterocycles. The number of aromatic nitrogens is 1. The Morgan fingerprint density at radius 3 is 2.56 bits per heavy atom. The zero-order valence-electron chi connectivity index (χ0n) is 8.47. The van der Waals surface area contributed by atoms with Crippen molar-refractivity contribution in [2.24, 2.45) is 0 Å². The summed E-state index contributed by atoms with van der Waals surface area (Å²) >= 11 is 3.17. The molecule has 2 heterocycles. The van der Waals surface area contributed by atoms with E-state index in [-0.39, 0.29) is 4.90 Å². The molecule has 0 unspecified atom stereocenters. The Labute approximate surface area is 103 Å². The van der Waals surface area contributed by atoms with Gasteiger partial charge in [0, 0.05) is 19.3 Å². The minimum atomic E-state index is -3.41. The molecule has 88 valence electrons. The summed E-state index contributed by atoms with van der Waals surface area (Å²) in [5.74, 6) is 0. The zero-order chi connectivity index (χ0) is 11.6. The van der Waals surface area contributed by atoms with Gasteiger partial charge in [0.15, 0.2) is 0 Å². The molecule has 2 rings (SSSR count). The summed E-state index contributed by atoms with van der Waals surface area (Å²) in [6.45, 7) is 1.70. The first-order valence-corrected chi connectivity index (χ1v) is 7.03. The van der Waals surface area contributed by atoms with E-state index in [1.54, 1.807) is 12.1 Å². The molecule has 1 fully saturated rings. The fourth-order valence-corrected chi connectivity index (χ4v) is 3.04. The van der Waals surface area contributed by atoms with E-state index in [2.05, 4.69) is 20.9 Å². The van der Waals surface area contributed by atoms with Crippen molar-refractivity contribution in [3.05, 3.63) is 22.9 Å². The third-order valence-corrected chi connectivity index (χ3v) is 4.66. The van der Waals surface area contributed by atoms with Gasteiger partial charge in [-0.15, -0.1) is 0 Å². The van der Waals surface area contributed by atoms with Gasteiger partial charge in [0.2, 0.25) is 10.0 Å². The second-order valence-electron chi connectivity index (χ2n) is 3.33. The second kappa shape index (κ2) is 4.79. The van der Waals surface area contributed by atoms with Crippen LogP contribution in [0.2, 0.25) is 0 Å². The molecule has 0 N–H and O–H groups in total. The van der Waals surface area contributed by atoms with Crippen LogP contribution < -0.4 is 0 Å². The van der Waals surface area contributed by atoms with Gasteiger partial charge in [-0.25, -0.2) is 13.4 Å². The lowest BCUT2D eigenvalue weighted by molar-refractivity contribution is 0.0730. The standard InChI is InChI=1S/C9H11BrN2O3S/c10-9-2-1-8(7-11-9)16(13,14)12-3-5-15-6-4-12/h1-2,7H,3-6H2. The summed E-state index contributed by atoms with van der Waals surface area (Å²) in [5, 5.41) is 0. The van der Waals surface area contributed by atoms with Crippen molar-refractivity contribution in [3.8, 4) is 0 Å². The quantitative estimate of drug-likeness (QED) is 0.761. The molecular formula is C9H11BrN2O3S. The van der Waals surface area contributed by atoms with Gasteiger partial charge in [0.1, 0.15) is 9.50 Å². The third-order valence-electron chi connectivity index (χ3n) is 2.31. The number of hydrogen-bond acceptors (Lipinski definition) is 4. The Morgan fingerprint density at radius 2 is 2.00 bits per heavy atom. The molecule has 1 aliphatic heterocycles. The van der Waals surface area contributed by atoms with Crippen molar-refractivity contribution in [2.75, 3.05) is 26.3 Å². The molecule has 16 heavy (non-hydrogen) atoms. The first-order chi connectivity index (χ1) is 7.60. The predicted octanol–water partition coefficient (Wildman–Crippen LogP) is 0.865. The van der Waals surface area contributed by atoms with Crippen LogP contribution in [0.25, 0.3) is 0 Å². The summed E-state index contributed by atoms with van der Waals surface area (Å²) < 4.78 is 31.4. The van der Waals surface area contributed by atoms with E-state index < -0.39 is 10.0 Å². The predicted molar refractivity (Wildman–Crippen MR) is 61.5 cm³/mol. The van der Waals surface area contributed by atoms with Crippen LogP contribution in [0.4, 0.5) is 0 Å². The van der Waals surface area contributed by atoms with Crippen molar-refractivity contribution < 1.29 is 13.2 Å². The Kier molecular flexibility index (Phi) is 3.58. The van der Waals surface area contributed by atoms with Crippen molar-refractivity contribution >= 4 is 26.0 Å². The highest BCUT2D eigenvalue weighted by molar-refractivity contribution is 9.10. The van der Waals surface area contributed by atoms with E-state index >= 15 is 0 Å². The largest absolute Gasteiger partial charge is 0.379 e. The Balaban J connectivity index is 2.27. The summed E-state index contributed by atoms with van der Waals surface area (Å²) in [5.41, 5.74) is 0. The molecule has 0 bridgehead atoms. The van der Waals surface area contributed by atoms with E-state index in [1.807, 2.05) is 0 Å². The van der Waals surface area contributed by atoms with Crippen LogP contribution in [0.5, 0.6) is 0 Å². The first kappa shape index (κ1) is 12.0. The Hall–Kier alpha value is -0.500. The molecule has 1 aromatic heterocycles. The fraction of sp³-hybridized carbons (Fsp3) is 0.444. The molecule has 1 aliphatic rings. The normalized spacial score (nSPS) is 18.6. The summed E-state index contributed by atoms with van der Waals surface area (Å²) in [7, 11) is -3.41. The molecule has 5 nitrogen and oxygen atoms in total. The molecule has 7 heteroatoms. The van der Waals surface area contributed by atoms with E-state index in [1.165, 1.54) is 10.5 Å². The van der Waals surface area contributed by atoms with Crippen LogP contribution in [0.15, 0.2) is 27.8 Å². The molecule has 0 radical (unpaired) electrons. The monoisotopic (exact) mass is 306 g/mol. The average molecular weight is 307 g/mol. The lowest BCUT2D eigenvalue weighted by atomic mass is 10.5. The van der Waals surface area contributed by atoms with Gasteiger partial charge >= 0.3 is 0 Å². The number of halogens is 1. The number of morpholine rings is 1. The first-order valence-electron chi connectivity index (χ1n) is 4.80. The van der Waals surface area contributed by atoms with Crippen LogP contribution in [0.3, 0.4) is 0 Å². The molecule has 0 saturated carbocycles. The molecule has 0 aromatic carbocycles. The lowest BCUT2D eigenvalue weighted by Crippen LogP contribution is -2.40. The average Bonchev–Trinajstić information content (AvgIpc) is 2.31. The maximum absolute atomic E-state index is 12.1. The van der Waals surface area contributed by atoms with E-state index in [4.69, 9.17) is 4.74 Å². The summed E-state index contributed by atoms with van der Waals surface area (Å²) in [4.78, 5) is 4.14. The highest BCUT2D eigenvalue weighted by Gasteiger charge is 2.26. The van der Waals surface area contributed by atoms with Crippen molar-refractivity contribution in [2.45, 2.75) is 4.90 Å². The molecular weight excluding hydrogens is 296 g/mol. The number of rotatable bonds is 2. The molecule has 0 atom stereocenters. The molecule has 1 aromatic rings.